The summed E-state index contributed by atoms with van der Waals surface area (Å²) in [5.41, 5.74) is 5.26. The number of H-pyrrole nitrogens is 1. The van der Waals surface area contributed by atoms with E-state index in [1.807, 2.05) is 4.98 Å². The van der Waals surface area contributed by atoms with Gasteiger partial charge < -0.3 is 20.1 Å². The smallest absolute Gasteiger partial charge is 0.287 e. The van der Waals surface area contributed by atoms with Gasteiger partial charge in [-0.1, -0.05) is 5.11 Å². The summed E-state index contributed by atoms with van der Waals surface area (Å²) < 4.78 is 19.0. The van der Waals surface area contributed by atoms with Crippen molar-refractivity contribution in [2.45, 2.75) is 24.2 Å². The van der Waals surface area contributed by atoms with Crippen LogP contribution in [0.15, 0.2) is 16.1 Å². The predicted molar refractivity (Wildman–Crippen MR) is 66.9 cm³/mol. The molecule has 4 atom stereocenters. The van der Waals surface area contributed by atoms with Crippen molar-refractivity contribution in [2.24, 2.45) is 5.11 Å². The number of ether oxygens (including phenoxy) is 1. The van der Waals surface area contributed by atoms with Crippen molar-refractivity contribution < 1.29 is 24.4 Å². The number of azide groups is 1. The number of halogens is 1. The Balaban J connectivity index is 2.52. The largest absolute Gasteiger partial charge is 0.393 e. The number of aliphatic hydroxyl groups is 3. The van der Waals surface area contributed by atoms with E-state index in [1.165, 1.54) is 0 Å². The van der Waals surface area contributed by atoms with Crippen LogP contribution in [0.2, 0.25) is 0 Å². The number of aromatic nitrogens is 2. The summed E-state index contributed by atoms with van der Waals surface area (Å²) in [6, 6.07) is 0. The Labute approximate surface area is 120 Å². The molecule has 114 valence electrons. The van der Waals surface area contributed by atoms with Crippen LogP contribution in [-0.2, 0) is 4.74 Å². The molecule has 1 aliphatic rings. The van der Waals surface area contributed by atoms with E-state index in [2.05, 4.69) is 10.0 Å². The normalized spacial score (nSPS) is 31.9. The molecule has 0 aliphatic carbocycles. The number of hydrogen-bond donors (Lipinski definition) is 4. The molecular weight excluding hydrogens is 309 g/mol. The molecule has 10 nitrogen and oxygen atoms in total. The topological polar surface area (TPSA) is 156 Å². The highest BCUT2D eigenvalue weighted by Crippen LogP contribution is 2.38. The second-order valence-electron chi connectivity index (χ2n) is 4.28. The van der Waals surface area contributed by atoms with Crippen molar-refractivity contribution in [2.75, 3.05) is 6.61 Å². The van der Waals surface area contributed by atoms with Gasteiger partial charge in [-0.3, -0.25) is 14.3 Å². The van der Waals surface area contributed by atoms with Crippen LogP contribution in [0.4, 0.5) is 4.39 Å². The highest BCUT2D eigenvalue weighted by atomic mass is 32.1. The molecule has 2 rings (SSSR count). The van der Waals surface area contributed by atoms with Crippen LogP contribution in [0, 0.1) is 10.6 Å². The van der Waals surface area contributed by atoms with Gasteiger partial charge in [0.05, 0.1) is 12.8 Å². The van der Waals surface area contributed by atoms with Crippen molar-refractivity contribution in [1.29, 1.82) is 0 Å². The second kappa shape index (κ2) is 5.52. The zero-order chi connectivity index (χ0) is 15.8. The van der Waals surface area contributed by atoms with Gasteiger partial charge in [0.2, 0.25) is 11.5 Å². The van der Waals surface area contributed by atoms with Crippen LogP contribution >= 0.6 is 12.2 Å². The highest BCUT2D eigenvalue weighted by Gasteiger charge is 2.54. The lowest BCUT2D eigenvalue weighted by Gasteiger charge is -2.23. The molecule has 1 aliphatic heterocycles. The van der Waals surface area contributed by atoms with Crippen LogP contribution < -0.4 is 5.56 Å². The lowest BCUT2D eigenvalue weighted by Crippen LogP contribution is -2.44. The van der Waals surface area contributed by atoms with Crippen molar-refractivity contribution in [3.8, 4) is 0 Å². The molecule has 2 heterocycles. The van der Waals surface area contributed by atoms with Gasteiger partial charge in [0.15, 0.2) is 11.0 Å². The zero-order valence-electron chi connectivity index (χ0n) is 10.2. The predicted octanol–water partition coefficient (Wildman–Crippen LogP) is -0.706. The Bertz CT molecular complexity index is 715. The average Bonchev–Trinajstić information content (AvgIpc) is 2.69. The molecule has 1 aromatic heterocycles. The molecule has 21 heavy (non-hydrogen) atoms. The molecule has 0 radical (unpaired) electrons. The summed E-state index contributed by atoms with van der Waals surface area (Å²) in [5, 5.41) is 32.2. The minimum absolute atomic E-state index is 0.285. The summed E-state index contributed by atoms with van der Waals surface area (Å²) in [4.78, 5) is 15.5. The molecule has 1 aromatic rings. The van der Waals surface area contributed by atoms with Gasteiger partial charge in [0.25, 0.3) is 5.56 Å². The fraction of sp³-hybridized carbons (Fsp3) is 0.556. The number of nitrogens with one attached hydrogen (secondary N) is 1. The van der Waals surface area contributed by atoms with Crippen molar-refractivity contribution in [1.82, 2.24) is 9.55 Å². The molecule has 0 aromatic carbocycles. The van der Waals surface area contributed by atoms with Crippen LogP contribution in [0.1, 0.15) is 6.23 Å². The summed E-state index contributed by atoms with van der Waals surface area (Å²) in [6.45, 7) is -0.926. The standard InChI is InChI=1S/C9H10FN5O5S/c10-3-1-15(8(21)12-6(3)19)7-4(17)5(18)9(2-16,20-7)13-14-11/h1,4-5,7,16-18H,2H2,(H,12,19,21)/t4-,5?,7+,9+/m0/s1. The number of nitrogens with zero attached hydrogens (tertiary/aromatic N) is 4. The maximum Gasteiger partial charge on any atom is 0.287 e. The van der Waals surface area contributed by atoms with E-state index in [4.69, 9.17) is 22.5 Å². The summed E-state index contributed by atoms with van der Waals surface area (Å²) >= 11 is 4.81. The van der Waals surface area contributed by atoms with E-state index in [-0.39, 0.29) is 4.77 Å². The van der Waals surface area contributed by atoms with Crippen molar-refractivity contribution in [3.63, 3.8) is 0 Å². The highest BCUT2D eigenvalue weighted by molar-refractivity contribution is 7.71. The molecule has 1 saturated heterocycles. The van der Waals surface area contributed by atoms with Crippen molar-refractivity contribution in [3.05, 3.63) is 37.6 Å². The van der Waals surface area contributed by atoms with E-state index in [0.29, 0.717) is 6.20 Å². The molecule has 0 bridgehead atoms. The quantitative estimate of drug-likeness (QED) is 0.249. The SMILES string of the molecule is [N-]=[N+]=N[C@]1(CO)O[C@@H](n2cc(F)c(=O)[nH]c2=S)[C@@H](O)C1O. The first kappa shape index (κ1) is 15.6. The van der Waals surface area contributed by atoms with E-state index in [9.17, 15) is 24.5 Å². The van der Waals surface area contributed by atoms with Crippen LogP contribution in [-0.4, -0.2) is 49.4 Å². The Morgan fingerprint density at radius 1 is 1.67 bits per heavy atom. The molecule has 12 heteroatoms. The molecule has 0 saturated carbocycles. The van der Waals surface area contributed by atoms with E-state index in [1.54, 1.807) is 0 Å². The van der Waals surface area contributed by atoms with E-state index >= 15 is 0 Å². The maximum absolute atomic E-state index is 13.3. The number of aromatic amines is 1. The minimum atomic E-state index is -2.14. The van der Waals surface area contributed by atoms with Gasteiger partial charge in [-0.05, 0) is 17.7 Å². The van der Waals surface area contributed by atoms with Crippen molar-refractivity contribution >= 4 is 12.2 Å². The molecule has 1 unspecified atom stereocenters. The third-order valence-electron chi connectivity index (χ3n) is 3.04. The third kappa shape index (κ3) is 2.44. The zero-order valence-corrected chi connectivity index (χ0v) is 11.1. The Morgan fingerprint density at radius 2 is 2.33 bits per heavy atom. The first-order valence-electron chi connectivity index (χ1n) is 5.58. The van der Waals surface area contributed by atoms with Gasteiger partial charge in [0.1, 0.15) is 12.2 Å². The average molecular weight is 319 g/mol. The van der Waals surface area contributed by atoms with Crippen LogP contribution in [0.3, 0.4) is 0 Å². The van der Waals surface area contributed by atoms with E-state index in [0.717, 1.165) is 4.57 Å². The minimum Gasteiger partial charge on any atom is -0.393 e. The Hall–Kier alpha value is -1.82. The van der Waals surface area contributed by atoms with Gasteiger partial charge in [-0.15, -0.1) is 0 Å². The van der Waals surface area contributed by atoms with Gasteiger partial charge in [0, 0.05) is 4.91 Å². The maximum atomic E-state index is 13.3. The summed E-state index contributed by atoms with van der Waals surface area (Å²) in [5.74, 6) is -1.20. The molecule has 4 N–H and O–H groups in total. The van der Waals surface area contributed by atoms with Crippen LogP contribution in [0.25, 0.3) is 10.4 Å². The number of rotatable bonds is 3. The lowest BCUT2D eigenvalue weighted by molar-refractivity contribution is -0.124. The first-order valence-corrected chi connectivity index (χ1v) is 5.99. The number of aliphatic hydroxyl groups excluding tert-OH is 3. The molecule has 0 spiro atoms. The van der Waals surface area contributed by atoms with Gasteiger partial charge >= 0.3 is 0 Å². The molecule has 1 fully saturated rings. The fourth-order valence-electron chi connectivity index (χ4n) is 1.96. The molecular formula is C9H10FN5O5S. The fourth-order valence-corrected chi connectivity index (χ4v) is 2.21. The Kier molecular flexibility index (Phi) is 4.09. The van der Waals surface area contributed by atoms with Gasteiger partial charge in [-0.2, -0.15) is 4.39 Å². The van der Waals surface area contributed by atoms with Gasteiger partial charge in [-0.25, -0.2) is 0 Å². The molecule has 0 amide bonds. The van der Waals surface area contributed by atoms with E-state index < -0.39 is 42.1 Å². The van der Waals surface area contributed by atoms with Crippen LogP contribution in [0.5, 0.6) is 0 Å². The number of hydrogen-bond acceptors (Lipinski definition) is 7. The summed E-state index contributed by atoms with van der Waals surface area (Å²) in [6.07, 6.45) is -4.25. The second-order valence-corrected chi connectivity index (χ2v) is 4.67. The monoisotopic (exact) mass is 319 g/mol. The third-order valence-corrected chi connectivity index (χ3v) is 3.35. The summed E-state index contributed by atoms with van der Waals surface area (Å²) in [7, 11) is 0. The lowest BCUT2D eigenvalue weighted by atomic mass is 10.1. The first-order chi connectivity index (χ1) is 9.86. The Morgan fingerprint density at radius 3 is 2.90 bits per heavy atom.